The zero-order valence-corrected chi connectivity index (χ0v) is 6.94. The molecular weight excluding hydrogens is 152 g/mol. The van der Waals surface area contributed by atoms with Gasteiger partial charge in [0.1, 0.15) is 0 Å². The number of carbonyl (C=O) groups is 1. The fourth-order valence-corrected chi connectivity index (χ4v) is 0.442. The third kappa shape index (κ3) is 3.51. The largest absolute Gasteiger partial charge is 0.462 e. The molecule has 0 spiro atoms. The molecule has 10 heavy (non-hydrogen) atoms. The molecule has 0 amide bonds. The lowest BCUT2D eigenvalue weighted by Crippen LogP contribution is -2.05. The van der Waals surface area contributed by atoms with Crippen molar-refractivity contribution in [3.63, 3.8) is 0 Å². The lowest BCUT2D eigenvalue weighted by atomic mass is 10.4. The van der Waals surface area contributed by atoms with Gasteiger partial charge in [0, 0.05) is 11.1 Å². The highest BCUT2D eigenvalue weighted by Gasteiger charge is 2.02. The standard InChI is InChI=1S/C7H11ClO2/c1-3-4-10-7(9)6(2)5-8/h5H,3-4H2,1-2H3/b6-5+. The molecule has 0 N–H and O–H groups in total. The van der Waals surface area contributed by atoms with Gasteiger partial charge in [0.05, 0.1) is 6.61 Å². The molecule has 0 fully saturated rings. The molecular formula is C7H11ClO2. The van der Waals surface area contributed by atoms with E-state index in [-0.39, 0.29) is 5.97 Å². The number of rotatable bonds is 3. The van der Waals surface area contributed by atoms with Gasteiger partial charge in [-0.1, -0.05) is 18.5 Å². The van der Waals surface area contributed by atoms with E-state index in [0.717, 1.165) is 6.42 Å². The quantitative estimate of drug-likeness (QED) is 0.469. The summed E-state index contributed by atoms with van der Waals surface area (Å²) in [5.74, 6) is -0.336. The Kier molecular flexibility index (Phi) is 5.03. The van der Waals surface area contributed by atoms with E-state index in [2.05, 4.69) is 0 Å². The molecule has 2 nitrogen and oxygen atoms in total. The lowest BCUT2D eigenvalue weighted by molar-refractivity contribution is -0.138. The summed E-state index contributed by atoms with van der Waals surface area (Å²) in [6.07, 6.45) is 0.835. The summed E-state index contributed by atoms with van der Waals surface area (Å²) < 4.78 is 4.75. The molecule has 0 radical (unpaired) electrons. The average Bonchev–Trinajstić information content (AvgIpc) is 1.98. The summed E-state index contributed by atoms with van der Waals surface area (Å²) in [6.45, 7) is 4.01. The molecule has 0 aromatic heterocycles. The topological polar surface area (TPSA) is 26.3 Å². The normalized spacial score (nSPS) is 11.3. The molecule has 0 aromatic carbocycles. The number of carbonyl (C=O) groups excluding carboxylic acids is 1. The Hall–Kier alpha value is -0.500. The zero-order chi connectivity index (χ0) is 7.98. The van der Waals surface area contributed by atoms with Crippen LogP contribution >= 0.6 is 11.6 Å². The van der Waals surface area contributed by atoms with Crippen molar-refractivity contribution in [3.05, 3.63) is 11.1 Å². The molecule has 0 saturated carbocycles. The van der Waals surface area contributed by atoms with Gasteiger partial charge in [-0.05, 0) is 13.3 Å². The van der Waals surface area contributed by atoms with Crippen molar-refractivity contribution in [2.24, 2.45) is 0 Å². The Labute approximate surface area is 65.8 Å². The highest BCUT2D eigenvalue weighted by molar-refractivity contribution is 6.27. The second kappa shape index (κ2) is 5.30. The smallest absolute Gasteiger partial charge is 0.334 e. The van der Waals surface area contributed by atoms with E-state index in [0.29, 0.717) is 12.2 Å². The summed E-state index contributed by atoms with van der Waals surface area (Å²) in [6, 6.07) is 0. The first kappa shape index (κ1) is 9.50. The van der Waals surface area contributed by atoms with Crippen molar-refractivity contribution in [1.29, 1.82) is 0 Å². The first-order chi connectivity index (χ1) is 4.72. The third-order valence-corrected chi connectivity index (χ3v) is 1.25. The summed E-state index contributed by atoms with van der Waals surface area (Å²) in [5, 5.41) is 0. The number of ether oxygens (including phenoxy) is 1. The Bertz CT molecular complexity index is 141. The van der Waals surface area contributed by atoms with Crippen molar-refractivity contribution >= 4 is 17.6 Å². The summed E-state index contributed by atoms with van der Waals surface area (Å²) in [5.41, 5.74) is 1.66. The van der Waals surface area contributed by atoms with Crippen molar-refractivity contribution < 1.29 is 9.53 Å². The Morgan fingerprint density at radius 3 is 2.70 bits per heavy atom. The van der Waals surface area contributed by atoms with E-state index in [1.165, 1.54) is 5.54 Å². The zero-order valence-electron chi connectivity index (χ0n) is 6.19. The molecule has 0 aromatic rings. The van der Waals surface area contributed by atoms with Crippen LogP contribution in [0.25, 0.3) is 0 Å². The van der Waals surface area contributed by atoms with Crippen LogP contribution in [0.1, 0.15) is 20.3 Å². The number of hydrogen-bond donors (Lipinski definition) is 0. The minimum Gasteiger partial charge on any atom is -0.462 e. The van der Waals surface area contributed by atoms with Crippen LogP contribution in [0.5, 0.6) is 0 Å². The van der Waals surface area contributed by atoms with Crippen molar-refractivity contribution in [2.45, 2.75) is 20.3 Å². The van der Waals surface area contributed by atoms with Crippen molar-refractivity contribution in [3.8, 4) is 0 Å². The Balaban J connectivity index is 3.63. The third-order valence-electron chi connectivity index (χ3n) is 0.923. The van der Waals surface area contributed by atoms with Crippen LogP contribution in [0.3, 0.4) is 0 Å². The van der Waals surface area contributed by atoms with Gasteiger partial charge < -0.3 is 4.74 Å². The molecule has 58 valence electrons. The molecule has 3 heteroatoms. The molecule has 0 aliphatic heterocycles. The monoisotopic (exact) mass is 162 g/mol. The SMILES string of the molecule is CCCOC(=O)/C(C)=C/Cl. The maximum atomic E-state index is 10.8. The minimum absolute atomic E-state index is 0.336. The molecule has 0 bridgehead atoms. The van der Waals surface area contributed by atoms with Crippen LogP contribution in [0.2, 0.25) is 0 Å². The molecule has 0 aliphatic carbocycles. The fourth-order valence-electron chi connectivity index (χ4n) is 0.353. The van der Waals surface area contributed by atoms with Gasteiger partial charge >= 0.3 is 5.97 Å². The van der Waals surface area contributed by atoms with E-state index in [1.54, 1.807) is 6.92 Å². The van der Waals surface area contributed by atoms with Crippen LogP contribution < -0.4 is 0 Å². The van der Waals surface area contributed by atoms with Gasteiger partial charge in [-0.15, -0.1) is 0 Å². The van der Waals surface area contributed by atoms with Crippen LogP contribution in [0.15, 0.2) is 11.1 Å². The van der Waals surface area contributed by atoms with Crippen molar-refractivity contribution in [2.75, 3.05) is 6.61 Å². The molecule has 0 saturated heterocycles. The van der Waals surface area contributed by atoms with Crippen LogP contribution in [-0.2, 0) is 9.53 Å². The van der Waals surface area contributed by atoms with Crippen molar-refractivity contribution in [1.82, 2.24) is 0 Å². The predicted octanol–water partition coefficient (Wildman–Crippen LogP) is 2.08. The average molecular weight is 163 g/mol. The number of halogens is 1. The van der Waals surface area contributed by atoms with E-state index in [4.69, 9.17) is 16.3 Å². The summed E-state index contributed by atoms with van der Waals surface area (Å²) in [7, 11) is 0. The van der Waals surface area contributed by atoms with Crippen LogP contribution in [0, 0.1) is 0 Å². The van der Waals surface area contributed by atoms with E-state index >= 15 is 0 Å². The van der Waals surface area contributed by atoms with E-state index in [9.17, 15) is 4.79 Å². The Morgan fingerprint density at radius 1 is 1.70 bits per heavy atom. The number of esters is 1. The van der Waals surface area contributed by atoms with E-state index < -0.39 is 0 Å². The predicted molar refractivity (Wildman–Crippen MR) is 40.9 cm³/mol. The molecule has 0 heterocycles. The molecule has 0 unspecified atom stereocenters. The molecule has 0 aliphatic rings. The number of hydrogen-bond acceptors (Lipinski definition) is 2. The Morgan fingerprint density at radius 2 is 2.30 bits per heavy atom. The van der Waals surface area contributed by atoms with E-state index in [1.807, 2.05) is 6.92 Å². The summed E-state index contributed by atoms with van der Waals surface area (Å²) >= 11 is 5.26. The molecule has 0 rings (SSSR count). The van der Waals surface area contributed by atoms with Gasteiger partial charge in [-0.25, -0.2) is 4.79 Å². The first-order valence-corrected chi connectivity index (χ1v) is 3.60. The maximum Gasteiger partial charge on any atom is 0.334 e. The summed E-state index contributed by atoms with van der Waals surface area (Å²) in [4.78, 5) is 10.8. The highest BCUT2D eigenvalue weighted by Crippen LogP contribution is 1.98. The first-order valence-electron chi connectivity index (χ1n) is 3.16. The fraction of sp³-hybridized carbons (Fsp3) is 0.571. The second-order valence-electron chi connectivity index (χ2n) is 1.93. The minimum atomic E-state index is -0.336. The molecule has 0 atom stereocenters. The van der Waals surface area contributed by atoms with Gasteiger partial charge in [0.15, 0.2) is 0 Å². The maximum absolute atomic E-state index is 10.8. The lowest BCUT2D eigenvalue weighted by Gasteiger charge is -2.00. The van der Waals surface area contributed by atoms with Gasteiger partial charge in [0.25, 0.3) is 0 Å². The second-order valence-corrected chi connectivity index (χ2v) is 2.15. The van der Waals surface area contributed by atoms with Gasteiger partial charge in [0.2, 0.25) is 0 Å². The van der Waals surface area contributed by atoms with Crippen LogP contribution in [-0.4, -0.2) is 12.6 Å². The van der Waals surface area contributed by atoms with Gasteiger partial charge in [-0.3, -0.25) is 0 Å². The van der Waals surface area contributed by atoms with Gasteiger partial charge in [-0.2, -0.15) is 0 Å². The highest BCUT2D eigenvalue weighted by atomic mass is 35.5. The van der Waals surface area contributed by atoms with Crippen LogP contribution in [0.4, 0.5) is 0 Å².